The summed E-state index contributed by atoms with van der Waals surface area (Å²) in [4.78, 5) is 14.9. The molecule has 0 aromatic rings. The minimum atomic E-state index is 0.0783. The van der Waals surface area contributed by atoms with Gasteiger partial charge in [0.15, 0.2) is 0 Å². The molecule has 1 aliphatic carbocycles. The average Bonchev–Trinajstić information content (AvgIpc) is 2.81. The molecule has 0 aromatic carbocycles. The van der Waals surface area contributed by atoms with Gasteiger partial charge in [0.05, 0.1) is 12.2 Å². The molecular formula is C16H30N2OS. The average molecular weight is 298 g/mol. The molecule has 2 aliphatic rings. The normalized spacial score (nSPS) is 34.8. The molecule has 1 heterocycles. The van der Waals surface area contributed by atoms with E-state index in [2.05, 4.69) is 30.3 Å². The number of nitrogens with one attached hydrogen (secondary N) is 1. The first-order valence-corrected chi connectivity index (χ1v) is 9.61. The van der Waals surface area contributed by atoms with E-state index >= 15 is 0 Å². The third kappa shape index (κ3) is 3.51. The summed E-state index contributed by atoms with van der Waals surface area (Å²) in [5.74, 6) is 0.372. The van der Waals surface area contributed by atoms with Crippen molar-refractivity contribution in [3.8, 4) is 0 Å². The molecule has 4 atom stereocenters. The van der Waals surface area contributed by atoms with Crippen LogP contribution in [0.5, 0.6) is 0 Å². The quantitative estimate of drug-likeness (QED) is 0.816. The number of rotatable bonds is 6. The van der Waals surface area contributed by atoms with E-state index in [-0.39, 0.29) is 12.2 Å². The van der Waals surface area contributed by atoms with Crippen molar-refractivity contribution in [3.63, 3.8) is 0 Å². The van der Waals surface area contributed by atoms with Crippen LogP contribution in [-0.2, 0) is 4.79 Å². The zero-order chi connectivity index (χ0) is 14.5. The molecule has 2 rings (SSSR count). The lowest BCUT2D eigenvalue weighted by Crippen LogP contribution is -2.46. The third-order valence-corrected chi connectivity index (χ3v) is 5.93. The molecule has 1 saturated carbocycles. The monoisotopic (exact) mass is 298 g/mol. The summed E-state index contributed by atoms with van der Waals surface area (Å²) in [6.45, 7) is 4.38. The van der Waals surface area contributed by atoms with Gasteiger partial charge in [0, 0.05) is 11.3 Å². The predicted molar refractivity (Wildman–Crippen MR) is 86.9 cm³/mol. The fraction of sp³-hybridized carbons (Fsp3) is 0.938. The van der Waals surface area contributed by atoms with Gasteiger partial charge in [-0.25, -0.2) is 0 Å². The van der Waals surface area contributed by atoms with E-state index in [4.69, 9.17) is 0 Å². The van der Waals surface area contributed by atoms with Gasteiger partial charge in [0.2, 0.25) is 5.91 Å². The van der Waals surface area contributed by atoms with Gasteiger partial charge in [0.1, 0.15) is 0 Å². The zero-order valence-corrected chi connectivity index (χ0v) is 14.0. The van der Waals surface area contributed by atoms with Crippen LogP contribution < -0.4 is 5.32 Å². The van der Waals surface area contributed by atoms with E-state index in [0.717, 1.165) is 24.5 Å². The number of amides is 1. The molecular weight excluding hydrogens is 268 g/mol. The number of hydrogen-bond donors (Lipinski definition) is 1. The molecule has 1 aliphatic heterocycles. The highest BCUT2D eigenvalue weighted by molar-refractivity contribution is 7.99. The fourth-order valence-electron chi connectivity index (χ4n) is 3.67. The maximum absolute atomic E-state index is 12.7. The van der Waals surface area contributed by atoms with Crippen molar-refractivity contribution in [3.05, 3.63) is 0 Å². The number of hydrogen-bond acceptors (Lipinski definition) is 3. The van der Waals surface area contributed by atoms with Crippen LogP contribution in [0.2, 0.25) is 0 Å². The largest absolute Gasteiger partial charge is 0.323 e. The van der Waals surface area contributed by atoms with Crippen molar-refractivity contribution < 1.29 is 4.79 Å². The number of nitrogens with zero attached hydrogens (tertiary/aromatic N) is 1. The van der Waals surface area contributed by atoms with Gasteiger partial charge in [0.25, 0.3) is 0 Å². The maximum atomic E-state index is 12.7. The van der Waals surface area contributed by atoms with Crippen molar-refractivity contribution in [1.82, 2.24) is 10.2 Å². The van der Waals surface area contributed by atoms with Crippen molar-refractivity contribution in [2.24, 2.45) is 0 Å². The Bertz CT molecular complexity index is 324. The van der Waals surface area contributed by atoms with E-state index in [9.17, 15) is 4.79 Å². The molecule has 116 valence electrons. The SMILES string of the molecule is CCCCC1NC(CC)N(C2CCCC(SC)C2)C1=O. The molecule has 0 aromatic heterocycles. The van der Waals surface area contributed by atoms with Gasteiger partial charge >= 0.3 is 0 Å². The Morgan fingerprint density at radius 1 is 1.35 bits per heavy atom. The van der Waals surface area contributed by atoms with E-state index in [0.29, 0.717) is 11.9 Å². The van der Waals surface area contributed by atoms with Crippen molar-refractivity contribution in [1.29, 1.82) is 0 Å². The summed E-state index contributed by atoms with van der Waals surface area (Å²) >= 11 is 1.97. The van der Waals surface area contributed by atoms with Crippen LogP contribution in [0.3, 0.4) is 0 Å². The van der Waals surface area contributed by atoms with Gasteiger partial charge < -0.3 is 4.90 Å². The van der Waals surface area contributed by atoms with E-state index < -0.39 is 0 Å². The predicted octanol–water partition coefficient (Wildman–Crippen LogP) is 3.39. The van der Waals surface area contributed by atoms with Crippen molar-refractivity contribution in [2.45, 2.75) is 88.7 Å². The van der Waals surface area contributed by atoms with E-state index in [1.807, 2.05) is 11.8 Å². The van der Waals surface area contributed by atoms with E-state index in [1.165, 1.54) is 32.1 Å². The molecule has 1 N–H and O–H groups in total. The Hall–Kier alpha value is -0.220. The number of thioether (sulfide) groups is 1. The first-order valence-electron chi connectivity index (χ1n) is 8.32. The van der Waals surface area contributed by atoms with Crippen LogP contribution in [-0.4, -0.2) is 40.6 Å². The number of unbranched alkanes of at least 4 members (excludes halogenated alkanes) is 1. The van der Waals surface area contributed by atoms with Gasteiger partial charge in [-0.05, 0) is 38.4 Å². The summed E-state index contributed by atoms with van der Waals surface area (Å²) in [5, 5.41) is 4.32. The van der Waals surface area contributed by atoms with Crippen LogP contribution in [0.4, 0.5) is 0 Å². The number of carbonyl (C=O) groups excluding carboxylic acids is 1. The molecule has 4 unspecified atom stereocenters. The Balaban J connectivity index is 2.02. The highest BCUT2D eigenvalue weighted by atomic mass is 32.2. The third-order valence-electron chi connectivity index (χ3n) is 4.84. The number of carbonyl (C=O) groups is 1. The minimum Gasteiger partial charge on any atom is -0.323 e. The lowest BCUT2D eigenvalue weighted by Gasteiger charge is -2.37. The molecule has 0 spiro atoms. The van der Waals surface area contributed by atoms with E-state index in [1.54, 1.807) is 0 Å². The zero-order valence-electron chi connectivity index (χ0n) is 13.2. The maximum Gasteiger partial charge on any atom is 0.241 e. The first-order chi connectivity index (χ1) is 9.71. The molecule has 4 heteroatoms. The minimum absolute atomic E-state index is 0.0783. The molecule has 3 nitrogen and oxygen atoms in total. The van der Waals surface area contributed by atoms with Crippen molar-refractivity contribution in [2.75, 3.05) is 6.26 Å². The second-order valence-electron chi connectivity index (χ2n) is 6.21. The van der Waals surface area contributed by atoms with Crippen molar-refractivity contribution >= 4 is 17.7 Å². The molecule has 2 fully saturated rings. The highest BCUT2D eigenvalue weighted by Gasteiger charge is 2.42. The Morgan fingerprint density at radius 3 is 2.80 bits per heavy atom. The molecule has 1 amide bonds. The molecule has 1 saturated heterocycles. The van der Waals surface area contributed by atoms with Crippen LogP contribution >= 0.6 is 11.8 Å². The smallest absolute Gasteiger partial charge is 0.241 e. The first kappa shape index (κ1) is 16.2. The lowest BCUT2D eigenvalue weighted by atomic mass is 9.93. The summed E-state index contributed by atoms with van der Waals surface area (Å²) in [6, 6.07) is 0.548. The molecule has 0 bridgehead atoms. The van der Waals surface area contributed by atoms with Crippen LogP contribution in [0.25, 0.3) is 0 Å². The molecule has 20 heavy (non-hydrogen) atoms. The lowest BCUT2D eigenvalue weighted by molar-refractivity contribution is -0.133. The summed E-state index contributed by atoms with van der Waals surface area (Å²) in [5.41, 5.74) is 0. The molecule has 0 radical (unpaired) electrons. The Kier molecular flexibility index (Phi) is 6.21. The summed E-state index contributed by atoms with van der Waals surface area (Å²) in [7, 11) is 0. The fourth-order valence-corrected chi connectivity index (χ4v) is 4.49. The van der Waals surface area contributed by atoms with Gasteiger partial charge in [-0.2, -0.15) is 11.8 Å². The summed E-state index contributed by atoms with van der Waals surface area (Å²) in [6.07, 6.45) is 11.8. The van der Waals surface area contributed by atoms with Crippen LogP contribution in [0.1, 0.15) is 65.2 Å². The van der Waals surface area contributed by atoms with Gasteiger partial charge in [-0.3, -0.25) is 10.1 Å². The van der Waals surface area contributed by atoms with Gasteiger partial charge in [-0.1, -0.05) is 33.1 Å². The standard InChI is InChI=1S/C16H30N2OS/c1-4-6-10-14-16(19)18(15(5-2)17-14)12-8-7-9-13(11-12)20-3/h12-15,17H,4-11H2,1-3H3. The highest BCUT2D eigenvalue weighted by Crippen LogP contribution is 2.33. The summed E-state index contributed by atoms with van der Waals surface area (Å²) < 4.78 is 0. The van der Waals surface area contributed by atoms with Crippen LogP contribution in [0, 0.1) is 0 Å². The van der Waals surface area contributed by atoms with Crippen LogP contribution in [0.15, 0.2) is 0 Å². The topological polar surface area (TPSA) is 32.3 Å². The second-order valence-corrected chi connectivity index (χ2v) is 7.35. The Morgan fingerprint density at radius 2 is 2.15 bits per heavy atom. The Labute approximate surface area is 128 Å². The second kappa shape index (κ2) is 7.69. The van der Waals surface area contributed by atoms with Gasteiger partial charge in [-0.15, -0.1) is 0 Å².